The van der Waals surface area contributed by atoms with Gasteiger partial charge in [0.15, 0.2) is 0 Å². The molecule has 2 amide bonds. The third-order valence-corrected chi connectivity index (χ3v) is 5.03. The zero-order valence-electron chi connectivity index (χ0n) is 13.6. The molecule has 0 spiro atoms. The maximum Gasteiger partial charge on any atom is 0.319 e. The first-order valence-corrected chi connectivity index (χ1v) is 8.19. The summed E-state index contributed by atoms with van der Waals surface area (Å²) in [6.07, 6.45) is 6.23. The zero-order valence-corrected chi connectivity index (χ0v) is 13.6. The van der Waals surface area contributed by atoms with Crippen LogP contribution in [0.3, 0.4) is 0 Å². The molecule has 2 rings (SSSR count). The Morgan fingerprint density at radius 1 is 1.10 bits per heavy atom. The summed E-state index contributed by atoms with van der Waals surface area (Å²) < 4.78 is 0. The lowest BCUT2D eigenvalue weighted by atomic mass is 9.79. The molecule has 1 N–H and O–H groups in total. The molecule has 116 valence electrons. The summed E-state index contributed by atoms with van der Waals surface area (Å²) in [6, 6.07) is 1.44. The number of carbonyl (C=O) groups excluding carboxylic acids is 1. The summed E-state index contributed by atoms with van der Waals surface area (Å²) >= 11 is 0. The van der Waals surface area contributed by atoms with Crippen LogP contribution in [0.1, 0.15) is 46.0 Å². The Balaban J connectivity index is 1.76. The SMILES string of the molecule is CC1CCC(NC2CCN(C(=O)N(C)C)CC2)C(C)C1. The standard InChI is InChI=1S/C16H31N3O/c1-12-5-6-15(13(2)11-12)17-14-7-9-19(10-8-14)16(20)18(3)4/h12-15,17H,5-11H2,1-4H3. The number of nitrogens with one attached hydrogen (secondary N) is 1. The van der Waals surface area contributed by atoms with E-state index in [2.05, 4.69) is 19.2 Å². The highest BCUT2D eigenvalue weighted by Gasteiger charge is 2.29. The number of rotatable bonds is 2. The summed E-state index contributed by atoms with van der Waals surface area (Å²) in [5, 5.41) is 3.87. The molecule has 0 aromatic rings. The van der Waals surface area contributed by atoms with E-state index in [9.17, 15) is 4.79 Å². The molecule has 1 heterocycles. The number of urea groups is 1. The third-order valence-electron chi connectivity index (χ3n) is 5.03. The molecule has 1 aliphatic heterocycles. The topological polar surface area (TPSA) is 35.6 Å². The van der Waals surface area contributed by atoms with Gasteiger partial charge in [0.25, 0.3) is 0 Å². The average molecular weight is 281 g/mol. The van der Waals surface area contributed by atoms with E-state index in [0.717, 1.165) is 37.8 Å². The molecular weight excluding hydrogens is 250 g/mol. The van der Waals surface area contributed by atoms with Crippen LogP contribution in [0, 0.1) is 11.8 Å². The summed E-state index contributed by atoms with van der Waals surface area (Å²) in [7, 11) is 3.66. The van der Waals surface area contributed by atoms with Crippen molar-refractivity contribution in [1.82, 2.24) is 15.1 Å². The molecule has 20 heavy (non-hydrogen) atoms. The Hall–Kier alpha value is -0.770. The van der Waals surface area contributed by atoms with E-state index in [1.54, 1.807) is 4.90 Å². The van der Waals surface area contributed by atoms with Crippen molar-refractivity contribution in [2.45, 2.75) is 58.0 Å². The minimum absolute atomic E-state index is 0.156. The second-order valence-corrected chi connectivity index (χ2v) is 7.11. The van der Waals surface area contributed by atoms with Gasteiger partial charge < -0.3 is 15.1 Å². The van der Waals surface area contributed by atoms with Crippen LogP contribution in [0.25, 0.3) is 0 Å². The quantitative estimate of drug-likeness (QED) is 0.844. The molecule has 0 radical (unpaired) electrons. The molecule has 0 bridgehead atoms. The highest BCUT2D eigenvalue weighted by molar-refractivity contribution is 5.73. The fourth-order valence-electron chi connectivity index (χ4n) is 3.74. The molecular formula is C16H31N3O. The van der Waals surface area contributed by atoms with Crippen LogP contribution in [-0.4, -0.2) is 55.1 Å². The fraction of sp³-hybridized carbons (Fsp3) is 0.938. The van der Waals surface area contributed by atoms with Crippen LogP contribution < -0.4 is 5.32 Å². The summed E-state index contributed by atoms with van der Waals surface area (Å²) in [5.74, 6) is 1.68. The highest BCUT2D eigenvalue weighted by Crippen LogP contribution is 2.29. The highest BCUT2D eigenvalue weighted by atomic mass is 16.2. The van der Waals surface area contributed by atoms with Crippen LogP contribution in [-0.2, 0) is 0 Å². The molecule has 2 aliphatic rings. The first-order valence-electron chi connectivity index (χ1n) is 8.19. The van der Waals surface area contributed by atoms with E-state index in [1.807, 2.05) is 19.0 Å². The smallest absolute Gasteiger partial charge is 0.319 e. The van der Waals surface area contributed by atoms with Gasteiger partial charge in [-0.05, 0) is 43.9 Å². The second-order valence-electron chi connectivity index (χ2n) is 7.11. The number of hydrogen-bond donors (Lipinski definition) is 1. The first-order chi connectivity index (χ1) is 9.47. The molecule has 1 aliphatic carbocycles. The predicted octanol–water partition coefficient (Wildman–Crippen LogP) is 2.55. The van der Waals surface area contributed by atoms with Gasteiger partial charge in [-0.25, -0.2) is 4.79 Å². The monoisotopic (exact) mass is 281 g/mol. The molecule has 4 heteroatoms. The summed E-state index contributed by atoms with van der Waals surface area (Å²) in [4.78, 5) is 15.6. The van der Waals surface area contributed by atoms with Gasteiger partial charge in [0.1, 0.15) is 0 Å². The number of nitrogens with zero attached hydrogens (tertiary/aromatic N) is 2. The Labute approximate surface area is 123 Å². The van der Waals surface area contributed by atoms with Crippen molar-refractivity contribution in [3.05, 3.63) is 0 Å². The van der Waals surface area contributed by atoms with Crippen LogP contribution in [0.4, 0.5) is 4.79 Å². The second kappa shape index (κ2) is 6.79. The molecule has 0 aromatic heterocycles. The predicted molar refractivity (Wildman–Crippen MR) is 82.8 cm³/mol. The summed E-state index contributed by atoms with van der Waals surface area (Å²) in [5.41, 5.74) is 0. The fourth-order valence-corrected chi connectivity index (χ4v) is 3.74. The molecule has 3 unspecified atom stereocenters. The Kier molecular flexibility index (Phi) is 5.30. The minimum Gasteiger partial charge on any atom is -0.331 e. The van der Waals surface area contributed by atoms with Gasteiger partial charge in [-0.15, -0.1) is 0 Å². The molecule has 4 nitrogen and oxygen atoms in total. The van der Waals surface area contributed by atoms with E-state index < -0.39 is 0 Å². The molecule has 3 atom stereocenters. The molecule has 2 fully saturated rings. The van der Waals surface area contributed by atoms with E-state index >= 15 is 0 Å². The zero-order chi connectivity index (χ0) is 14.7. The minimum atomic E-state index is 0.156. The molecule has 0 aromatic carbocycles. The van der Waals surface area contributed by atoms with E-state index in [4.69, 9.17) is 0 Å². The number of piperidine rings is 1. The van der Waals surface area contributed by atoms with Crippen molar-refractivity contribution in [2.24, 2.45) is 11.8 Å². The number of hydrogen-bond acceptors (Lipinski definition) is 2. The van der Waals surface area contributed by atoms with Gasteiger partial charge in [0.05, 0.1) is 0 Å². The van der Waals surface area contributed by atoms with Crippen LogP contribution in [0.5, 0.6) is 0 Å². The Morgan fingerprint density at radius 2 is 1.75 bits per heavy atom. The molecule has 1 saturated heterocycles. The molecule has 1 saturated carbocycles. The Bertz CT molecular complexity index is 324. The van der Waals surface area contributed by atoms with Gasteiger partial charge in [-0.3, -0.25) is 0 Å². The van der Waals surface area contributed by atoms with Crippen LogP contribution >= 0.6 is 0 Å². The lowest BCUT2D eigenvalue weighted by Crippen LogP contribution is -2.51. The van der Waals surface area contributed by atoms with Crippen molar-refractivity contribution in [3.63, 3.8) is 0 Å². The lowest BCUT2D eigenvalue weighted by molar-refractivity contribution is 0.141. The van der Waals surface area contributed by atoms with Crippen molar-refractivity contribution in [1.29, 1.82) is 0 Å². The Morgan fingerprint density at radius 3 is 2.30 bits per heavy atom. The maximum atomic E-state index is 11.9. The van der Waals surface area contributed by atoms with E-state index in [-0.39, 0.29) is 6.03 Å². The van der Waals surface area contributed by atoms with Gasteiger partial charge in [0.2, 0.25) is 0 Å². The number of likely N-dealkylation sites (tertiary alicyclic amines) is 1. The normalized spacial score (nSPS) is 32.2. The maximum absolute atomic E-state index is 11.9. The third kappa shape index (κ3) is 3.87. The number of carbonyl (C=O) groups is 1. The average Bonchev–Trinajstić information content (AvgIpc) is 2.42. The van der Waals surface area contributed by atoms with Crippen molar-refractivity contribution < 1.29 is 4.79 Å². The van der Waals surface area contributed by atoms with Crippen molar-refractivity contribution in [2.75, 3.05) is 27.2 Å². The largest absolute Gasteiger partial charge is 0.331 e. The van der Waals surface area contributed by atoms with Crippen molar-refractivity contribution in [3.8, 4) is 0 Å². The van der Waals surface area contributed by atoms with Crippen molar-refractivity contribution >= 4 is 6.03 Å². The van der Waals surface area contributed by atoms with Crippen LogP contribution in [0.15, 0.2) is 0 Å². The van der Waals surface area contributed by atoms with E-state index in [1.165, 1.54) is 19.3 Å². The van der Waals surface area contributed by atoms with Crippen LogP contribution in [0.2, 0.25) is 0 Å². The van der Waals surface area contributed by atoms with Gasteiger partial charge in [-0.2, -0.15) is 0 Å². The van der Waals surface area contributed by atoms with Gasteiger partial charge in [-0.1, -0.05) is 13.8 Å². The van der Waals surface area contributed by atoms with Gasteiger partial charge in [0, 0.05) is 39.3 Å². The van der Waals surface area contributed by atoms with Gasteiger partial charge >= 0.3 is 6.03 Å². The summed E-state index contributed by atoms with van der Waals surface area (Å²) in [6.45, 7) is 6.55. The first kappa shape index (κ1) is 15.6. The number of amides is 2. The van der Waals surface area contributed by atoms with E-state index in [0.29, 0.717) is 12.1 Å². The lowest BCUT2D eigenvalue weighted by Gasteiger charge is -2.39.